The van der Waals surface area contributed by atoms with Crippen LogP contribution in [0.15, 0.2) is 54.7 Å². The molecular weight excluding hydrogens is 286 g/mol. The molecule has 0 spiro atoms. The van der Waals surface area contributed by atoms with Gasteiger partial charge in [0.1, 0.15) is 5.69 Å². The molecule has 1 aliphatic heterocycles. The molecule has 0 aliphatic carbocycles. The molecule has 0 bridgehead atoms. The van der Waals surface area contributed by atoms with Crippen LogP contribution in [0.1, 0.15) is 42.2 Å². The molecule has 3 rings (SSSR count). The van der Waals surface area contributed by atoms with Gasteiger partial charge in [0.15, 0.2) is 0 Å². The molecule has 2 aromatic rings. The molecule has 1 aromatic carbocycles. The topological polar surface area (TPSA) is 54.0 Å². The van der Waals surface area contributed by atoms with Crippen LogP contribution in [-0.2, 0) is 0 Å². The lowest BCUT2D eigenvalue weighted by Crippen LogP contribution is -2.48. The minimum Gasteiger partial charge on any atom is -0.347 e. The number of aromatic nitrogens is 1. The first kappa shape index (κ1) is 17.2. The first-order chi connectivity index (χ1) is 11.3. The molecule has 0 radical (unpaired) electrons. The highest BCUT2D eigenvalue weighted by atomic mass is 16.1. The number of nitrogens with one attached hydrogen (secondary N) is 2. The molecule has 2 heterocycles. The first-order valence-electron chi connectivity index (χ1n) is 8.30. The molecule has 4 nitrogen and oxygen atoms in total. The Morgan fingerprint density at radius 2 is 1.83 bits per heavy atom. The molecule has 1 saturated heterocycles. The zero-order chi connectivity index (χ0) is 16.5. The molecule has 1 unspecified atom stereocenters. The molecule has 1 amide bonds. The fourth-order valence-electron chi connectivity index (χ4n) is 2.79. The molecule has 4 heteroatoms. The van der Waals surface area contributed by atoms with E-state index in [4.69, 9.17) is 0 Å². The number of rotatable bonds is 3. The summed E-state index contributed by atoms with van der Waals surface area (Å²) in [7, 11) is 0. The van der Waals surface area contributed by atoms with Crippen LogP contribution in [0.2, 0.25) is 0 Å². The third-order valence-corrected chi connectivity index (χ3v) is 3.85. The fourth-order valence-corrected chi connectivity index (χ4v) is 2.79. The lowest BCUT2D eigenvalue weighted by Gasteiger charge is -2.30. The number of hydrogen-bond acceptors (Lipinski definition) is 3. The summed E-state index contributed by atoms with van der Waals surface area (Å²) in [5.41, 5.74) is 1.79. The summed E-state index contributed by atoms with van der Waals surface area (Å²) in [4.78, 5) is 16.2. The fraction of sp³-hybridized carbons (Fsp3) is 0.368. The SMILES string of the molecule is CC.O=C(NC1CNC[C@@H](c2ccccc2)C1)c1ccccn1. The quantitative estimate of drug-likeness (QED) is 0.916. The molecule has 1 fully saturated rings. The largest absolute Gasteiger partial charge is 0.347 e. The highest BCUT2D eigenvalue weighted by Gasteiger charge is 2.24. The van der Waals surface area contributed by atoms with E-state index in [1.54, 1.807) is 12.3 Å². The van der Waals surface area contributed by atoms with Crippen LogP contribution in [0, 0.1) is 0 Å². The predicted molar refractivity (Wildman–Crippen MR) is 93.5 cm³/mol. The second-order valence-corrected chi connectivity index (χ2v) is 5.39. The smallest absolute Gasteiger partial charge is 0.270 e. The maximum absolute atomic E-state index is 12.2. The van der Waals surface area contributed by atoms with E-state index >= 15 is 0 Å². The summed E-state index contributed by atoms with van der Waals surface area (Å²) in [6.07, 6.45) is 2.59. The van der Waals surface area contributed by atoms with Crippen LogP contribution in [0.4, 0.5) is 0 Å². The zero-order valence-electron chi connectivity index (χ0n) is 13.8. The maximum atomic E-state index is 12.2. The van der Waals surface area contributed by atoms with Crippen molar-refractivity contribution in [3.8, 4) is 0 Å². The van der Waals surface area contributed by atoms with Crippen molar-refractivity contribution in [3.05, 3.63) is 66.0 Å². The Labute approximate surface area is 138 Å². The van der Waals surface area contributed by atoms with Crippen molar-refractivity contribution in [1.29, 1.82) is 0 Å². The average molecular weight is 311 g/mol. The van der Waals surface area contributed by atoms with E-state index in [2.05, 4.69) is 39.9 Å². The van der Waals surface area contributed by atoms with Crippen LogP contribution in [0.25, 0.3) is 0 Å². The van der Waals surface area contributed by atoms with E-state index < -0.39 is 0 Å². The van der Waals surface area contributed by atoms with Crippen molar-refractivity contribution in [2.75, 3.05) is 13.1 Å². The number of hydrogen-bond donors (Lipinski definition) is 2. The van der Waals surface area contributed by atoms with Gasteiger partial charge in [-0.2, -0.15) is 0 Å². The van der Waals surface area contributed by atoms with Crippen molar-refractivity contribution in [2.45, 2.75) is 32.2 Å². The second-order valence-electron chi connectivity index (χ2n) is 5.39. The van der Waals surface area contributed by atoms with Crippen molar-refractivity contribution >= 4 is 5.91 Å². The van der Waals surface area contributed by atoms with Gasteiger partial charge in [-0.05, 0) is 30.0 Å². The Hall–Kier alpha value is -2.20. The molecule has 23 heavy (non-hydrogen) atoms. The van der Waals surface area contributed by atoms with Crippen LogP contribution in [0.5, 0.6) is 0 Å². The first-order valence-corrected chi connectivity index (χ1v) is 8.30. The molecule has 122 valence electrons. The standard InChI is InChI=1S/C17H19N3O.C2H6/c21-17(16-8-4-5-9-19-16)20-15-10-14(11-18-12-15)13-6-2-1-3-7-13;1-2/h1-9,14-15,18H,10-12H2,(H,20,21);1-2H3/t14-,15?;/m0./s1. The lowest BCUT2D eigenvalue weighted by atomic mass is 9.89. The highest BCUT2D eigenvalue weighted by Crippen LogP contribution is 2.23. The summed E-state index contributed by atoms with van der Waals surface area (Å²) in [6.45, 7) is 5.77. The summed E-state index contributed by atoms with van der Waals surface area (Å²) >= 11 is 0. The van der Waals surface area contributed by atoms with Gasteiger partial charge in [-0.1, -0.05) is 50.2 Å². The van der Waals surface area contributed by atoms with E-state index in [1.807, 2.05) is 32.0 Å². The van der Waals surface area contributed by atoms with Crippen LogP contribution in [0.3, 0.4) is 0 Å². The van der Waals surface area contributed by atoms with E-state index in [9.17, 15) is 4.79 Å². The predicted octanol–water partition coefficient (Wildman–Crippen LogP) is 2.98. The number of carbonyl (C=O) groups is 1. The minimum atomic E-state index is -0.101. The van der Waals surface area contributed by atoms with Gasteiger partial charge in [-0.3, -0.25) is 9.78 Å². The second kappa shape index (κ2) is 9.06. The number of pyridine rings is 1. The number of nitrogens with zero attached hydrogens (tertiary/aromatic N) is 1. The van der Waals surface area contributed by atoms with Crippen molar-refractivity contribution < 1.29 is 4.79 Å². The molecule has 2 atom stereocenters. The van der Waals surface area contributed by atoms with Gasteiger partial charge in [0.2, 0.25) is 0 Å². The van der Waals surface area contributed by atoms with Gasteiger partial charge >= 0.3 is 0 Å². The Bertz CT molecular complexity index is 586. The zero-order valence-corrected chi connectivity index (χ0v) is 13.8. The Balaban J connectivity index is 0.000000924. The Morgan fingerprint density at radius 3 is 2.52 bits per heavy atom. The van der Waals surface area contributed by atoms with Gasteiger partial charge < -0.3 is 10.6 Å². The van der Waals surface area contributed by atoms with E-state index in [1.165, 1.54) is 5.56 Å². The van der Waals surface area contributed by atoms with Gasteiger partial charge in [0.25, 0.3) is 5.91 Å². The number of amides is 1. The Morgan fingerprint density at radius 1 is 1.09 bits per heavy atom. The molecule has 2 N–H and O–H groups in total. The maximum Gasteiger partial charge on any atom is 0.270 e. The lowest BCUT2D eigenvalue weighted by molar-refractivity contribution is 0.0923. The van der Waals surface area contributed by atoms with E-state index in [0.717, 1.165) is 19.5 Å². The number of piperidine rings is 1. The van der Waals surface area contributed by atoms with Crippen LogP contribution >= 0.6 is 0 Å². The summed E-state index contributed by atoms with van der Waals surface area (Å²) in [5.74, 6) is 0.338. The Kier molecular flexibility index (Phi) is 6.76. The van der Waals surface area contributed by atoms with E-state index in [-0.39, 0.29) is 11.9 Å². The molecule has 1 aromatic heterocycles. The average Bonchev–Trinajstić information content (AvgIpc) is 2.65. The van der Waals surface area contributed by atoms with Gasteiger partial charge in [0.05, 0.1) is 0 Å². The van der Waals surface area contributed by atoms with Crippen LogP contribution < -0.4 is 10.6 Å². The van der Waals surface area contributed by atoms with E-state index in [0.29, 0.717) is 11.6 Å². The minimum absolute atomic E-state index is 0.101. The molecular formula is C19H25N3O. The van der Waals surface area contributed by atoms with Crippen molar-refractivity contribution in [1.82, 2.24) is 15.6 Å². The van der Waals surface area contributed by atoms with Gasteiger partial charge in [-0.15, -0.1) is 0 Å². The molecule has 0 saturated carbocycles. The normalized spacial score (nSPS) is 20.1. The van der Waals surface area contributed by atoms with Crippen LogP contribution in [-0.4, -0.2) is 30.0 Å². The summed E-state index contributed by atoms with van der Waals surface area (Å²) in [6, 6.07) is 16.0. The number of carbonyl (C=O) groups excluding carboxylic acids is 1. The summed E-state index contributed by atoms with van der Waals surface area (Å²) in [5, 5.41) is 6.48. The van der Waals surface area contributed by atoms with Crippen molar-refractivity contribution in [3.63, 3.8) is 0 Å². The summed E-state index contributed by atoms with van der Waals surface area (Å²) < 4.78 is 0. The number of benzene rings is 1. The third-order valence-electron chi connectivity index (χ3n) is 3.85. The highest BCUT2D eigenvalue weighted by molar-refractivity contribution is 5.92. The third kappa shape index (κ3) is 4.89. The van der Waals surface area contributed by atoms with Crippen molar-refractivity contribution in [2.24, 2.45) is 0 Å². The van der Waals surface area contributed by atoms with Gasteiger partial charge in [-0.25, -0.2) is 0 Å². The van der Waals surface area contributed by atoms with Gasteiger partial charge in [0, 0.05) is 25.3 Å². The monoisotopic (exact) mass is 311 g/mol. The molecule has 1 aliphatic rings.